The number of aromatic nitrogens is 4. The van der Waals surface area contributed by atoms with E-state index in [0.29, 0.717) is 0 Å². The lowest BCUT2D eigenvalue weighted by Crippen LogP contribution is -2.47. The molecule has 4 heterocycles. The van der Waals surface area contributed by atoms with Crippen LogP contribution >= 0.6 is 0 Å². The second-order valence-electron chi connectivity index (χ2n) is 25.6. The largest absolute Gasteiger partial charge is 0.414 e. The van der Waals surface area contributed by atoms with Crippen LogP contribution in [0, 0.1) is 11.6 Å². The number of fused-ring (bicyclic) bond motifs is 2. The summed E-state index contributed by atoms with van der Waals surface area (Å²) in [7, 11) is -3.66. The predicted octanol–water partition coefficient (Wildman–Crippen LogP) is 14.2. The van der Waals surface area contributed by atoms with Crippen molar-refractivity contribution in [2.75, 3.05) is 72.8 Å². The smallest absolute Gasteiger partial charge is 0.192 e. The fourth-order valence-corrected chi connectivity index (χ4v) is 13.9. The first kappa shape index (κ1) is 59.0. The van der Waals surface area contributed by atoms with E-state index in [1.54, 1.807) is 36.9 Å². The Kier molecular flexibility index (Phi) is 18.3. The third kappa shape index (κ3) is 14.3. The molecule has 2 fully saturated rings. The first-order valence-electron chi connectivity index (χ1n) is 29.2. The third-order valence-corrected chi connectivity index (χ3v) is 27.4. The van der Waals surface area contributed by atoms with Gasteiger partial charge in [-0.3, -0.25) is 9.80 Å². The molecule has 2 aromatic heterocycles. The predicted molar refractivity (Wildman–Crippen MR) is 329 cm³/mol. The number of piperazine rings is 2. The van der Waals surface area contributed by atoms with Crippen molar-refractivity contribution in [2.45, 2.75) is 154 Å². The Morgan fingerprint density at radius 1 is 0.512 bits per heavy atom. The van der Waals surface area contributed by atoms with Gasteiger partial charge in [-0.05, 0) is 158 Å². The van der Waals surface area contributed by atoms with Gasteiger partial charge in [-0.15, -0.1) is 0 Å². The van der Waals surface area contributed by atoms with Crippen LogP contribution in [-0.4, -0.2) is 111 Å². The summed E-state index contributed by atoms with van der Waals surface area (Å²) in [5, 5.41) is 7.63. The quantitative estimate of drug-likeness (QED) is 0.101. The number of hydrogen-bond donors (Lipinski definition) is 2. The van der Waals surface area contributed by atoms with Gasteiger partial charge in [-0.1, -0.05) is 90.1 Å². The molecule has 2 aliphatic carbocycles. The lowest BCUT2D eigenvalue weighted by atomic mass is 9.88. The second-order valence-corrected chi connectivity index (χ2v) is 35.2. The van der Waals surface area contributed by atoms with Gasteiger partial charge in [0.25, 0.3) is 0 Å². The van der Waals surface area contributed by atoms with E-state index in [9.17, 15) is 8.78 Å². The van der Waals surface area contributed by atoms with Gasteiger partial charge in [-0.25, -0.2) is 28.7 Å². The molecule has 2 saturated heterocycles. The van der Waals surface area contributed by atoms with E-state index >= 15 is 0 Å². The van der Waals surface area contributed by atoms with Gasteiger partial charge in [0.15, 0.2) is 16.6 Å². The van der Waals surface area contributed by atoms with Gasteiger partial charge in [0, 0.05) is 100 Å². The number of halogens is 2. The minimum absolute atomic E-state index is 0.191. The van der Waals surface area contributed by atoms with Crippen LogP contribution in [-0.2, 0) is 34.5 Å². The van der Waals surface area contributed by atoms with Crippen molar-refractivity contribution < 1.29 is 17.6 Å². The highest BCUT2D eigenvalue weighted by Gasteiger charge is 2.41. The summed E-state index contributed by atoms with van der Waals surface area (Å²) in [6.07, 6.45) is 9.91. The van der Waals surface area contributed by atoms with Crippen LogP contribution in [0.5, 0.6) is 0 Å². The topological polar surface area (TPSA) is 107 Å². The molecular weight excluding hydrogens is 1030 g/mol. The Bertz CT molecular complexity index is 2810. The van der Waals surface area contributed by atoms with Crippen LogP contribution in [0.3, 0.4) is 0 Å². The molecule has 0 unspecified atom stereocenters. The molecular formula is C64H88F2N10O2Si2. The molecule has 4 aliphatic rings. The highest BCUT2D eigenvalue weighted by molar-refractivity contribution is 6.74. The van der Waals surface area contributed by atoms with Gasteiger partial charge in [-0.2, -0.15) is 0 Å². The van der Waals surface area contributed by atoms with E-state index < -0.39 is 16.6 Å². The van der Waals surface area contributed by atoms with Gasteiger partial charge < -0.3 is 29.3 Å². The molecule has 2 N–H and O–H groups in total. The Hall–Kier alpha value is -5.63. The van der Waals surface area contributed by atoms with E-state index in [-0.39, 0.29) is 46.0 Å². The van der Waals surface area contributed by atoms with Crippen LogP contribution in [0.4, 0.5) is 43.4 Å². The number of rotatable bonds is 14. The summed E-state index contributed by atoms with van der Waals surface area (Å²) in [4.78, 5) is 27.9. The zero-order valence-corrected chi connectivity index (χ0v) is 51.8. The van der Waals surface area contributed by atoms with Crippen molar-refractivity contribution in [3.8, 4) is 0 Å². The van der Waals surface area contributed by atoms with E-state index in [0.717, 1.165) is 137 Å². The zero-order chi connectivity index (χ0) is 57.0. The van der Waals surface area contributed by atoms with E-state index in [2.05, 4.69) is 180 Å². The highest BCUT2D eigenvalue weighted by atomic mass is 28.4. The maximum atomic E-state index is 13.4. The SMILES string of the molecule is C[C@@H](c1ccc(F)cc1)N1CCN(c2cc(Nc3cccc4c3C[C@@H](O[Si](C)(C)C(C)(C)C)CC4)ncn2)CC1.C[C@@H](c1ccc(F)cc1)N1CCN(c2cc(Nc3cccc4c3C[C@H](O[Si](C)(C)C(C)(C)C)CC4)ncn2)CC1. The molecule has 10 rings (SSSR count). The summed E-state index contributed by atoms with van der Waals surface area (Å²) >= 11 is 0. The van der Waals surface area contributed by atoms with Gasteiger partial charge in [0.1, 0.15) is 47.6 Å². The van der Waals surface area contributed by atoms with E-state index in [1.165, 1.54) is 22.3 Å². The highest BCUT2D eigenvalue weighted by Crippen LogP contribution is 2.42. The number of aryl methyl sites for hydroxylation is 2. The zero-order valence-electron chi connectivity index (χ0n) is 49.8. The number of hydrogen-bond acceptors (Lipinski definition) is 12. The standard InChI is InChI=1S/2C32H44FN5OSi/c2*1-23(24-10-13-26(33)14-11-24)37-16-18-38(19-17-37)31-21-30(34-22-35-31)36-29-9-7-8-25-12-15-27(20-28(25)29)39-40(5,6)32(2,3)4/h2*7-11,13-14,21-23,27H,12,15-20H2,1-6H3,(H,34,35,36)/t23-,27+;23-,27-/m00/s1. The summed E-state index contributed by atoms with van der Waals surface area (Å²) in [5.74, 6) is 3.13. The Labute approximate surface area is 478 Å². The molecule has 428 valence electrons. The molecule has 0 bridgehead atoms. The average molecular weight is 1120 g/mol. The second kappa shape index (κ2) is 24.8. The van der Waals surface area contributed by atoms with Gasteiger partial charge in [0.2, 0.25) is 0 Å². The number of nitrogens with zero attached hydrogens (tertiary/aromatic N) is 8. The molecule has 0 radical (unpaired) electrons. The van der Waals surface area contributed by atoms with Crippen LogP contribution in [0.2, 0.25) is 36.3 Å². The fraction of sp³-hybridized carbons (Fsp3) is 0.500. The van der Waals surface area contributed by atoms with Crippen molar-refractivity contribution in [3.05, 3.63) is 155 Å². The van der Waals surface area contributed by atoms with Crippen molar-refractivity contribution in [2.24, 2.45) is 0 Å². The average Bonchev–Trinajstić information content (AvgIpc) is 3.47. The Balaban J connectivity index is 0.000000194. The summed E-state index contributed by atoms with van der Waals surface area (Å²) < 4.78 is 40.4. The minimum atomic E-state index is -1.83. The molecule has 2 aliphatic heterocycles. The fourth-order valence-electron chi connectivity index (χ4n) is 11.2. The molecule has 16 heteroatoms. The number of anilines is 6. The van der Waals surface area contributed by atoms with E-state index in [1.807, 2.05) is 24.3 Å². The summed E-state index contributed by atoms with van der Waals surface area (Å²) in [6.45, 7) is 34.8. The maximum absolute atomic E-state index is 13.4. The van der Waals surface area contributed by atoms with E-state index in [4.69, 9.17) is 8.85 Å². The van der Waals surface area contributed by atoms with Crippen LogP contribution in [0.1, 0.15) is 114 Å². The van der Waals surface area contributed by atoms with Crippen molar-refractivity contribution in [1.82, 2.24) is 29.7 Å². The van der Waals surface area contributed by atoms with Crippen LogP contribution < -0.4 is 20.4 Å². The van der Waals surface area contributed by atoms with Crippen molar-refractivity contribution >= 4 is 51.3 Å². The molecule has 80 heavy (non-hydrogen) atoms. The van der Waals surface area contributed by atoms with Gasteiger partial charge in [0.05, 0.1) is 0 Å². The molecule has 6 aromatic rings. The minimum Gasteiger partial charge on any atom is -0.414 e. The number of nitrogens with one attached hydrogen (secondary N) is 2. The Morgan fingerprint density at radius 3 is 1.23 bits per heavy atom. The maximum Gasteiger partial charge on any atom is 0.192 e. The molecule has 0 saturated carbocycles. The Morgan fingerprint density at radius 2 is 0.875 bits per heavy atom. The molecule has 0 spiro atoms. The van der Waals surface area contributed by atoms with Crippen LogP contribution in [0.25, 0.3) is 0 Å². The lowest BCUT2D eigenvalue weighted by Gasteiger charge is -2.40. The molecule has 12 nitrogen and oxygen atoms in total. The first-order valence-corrected chi connectivity index (χ1v) is 35.1. The first-order chi connectivity index (χ1) is 38.0. The third-order valence-electron chi connectivity index (χ3n) is 18.3. The monoisotopic (exact) mass is 1120 g/mol. The lowest BCUT2D eigenvalue weighted by molar-refractivity contribution is 0.165. The van der Waals surface area contributed by atoms with Crippen molar-refractivity contribution in [1.29, 1.82) is 0 Å². The van der Waals surface area contributed by atoms with Crippen LogP contribution in [0.15, 0.2) is 110 Å². The normalized spacial score (nSPS) is 19.3. The summed E-state index contributed by atoms with van der Waals surface area (Å²) in [5.41, 5.74) is 10.0. The molecule has 4 atom stereocenters. The van der Waals surface area contributed by atoms with Crippen molar-refractivity contribution in [3.63, 3.8) is 0 Å². The van der Waals surface area contributed by atoms with Gasteiger partial charge >= 0.3 is 0 Å². The molecule has 0 amide bonds. The summed E-state index contributed by atoms with van der Waals surface area (Å²) in [6, 6.07) is 31.4. The molecule has 4 aromatic carbocycles. The number of benzene rings is 4.